The second kappa shape index (κ2) is 4.98. The van der Waals surface area contributed by atoms with E-state index in [-0.39, 0.29) is 6.42 Å². The summed E-state index contributed by atoms with van der Waals surface area (Å²) in [6.45, 7) is 0. The maximum atomic E-state index is 11.2. The van der Waals surface area contributed by atoms with Crippen LogP contribution in [0.4, 0.5) is 0 Å². The number of rotatable bonds is 4. The van der Waals surface area contributed by atoms with E-state index in [0.717, 1.165) is 0 Å². The number of aromatic nitrogens is 2. The van der Waals surface area contributed by atoms with Gasteiger partial charge in [-0.25, -0.2) is 4.79 Å². The van der Waals surface area contributed by atoms with Crippen molar-refractivity contribution in [2.75, 3.05) is 0 Å². The molecule has 0 saturated heterocycles. The van der Waals surface area contributed by atoms with Crippen LogP contribution in [0.25, 0.3) is 0 Å². The van der Waals surface area contributed by atoms with E-state index >= 15 is 0 Å². The van der Waals surface area contributed by atoms with Crippen LogP contribution in [-0.2, 0) is 16.6 Å². The van der Waals surface area contributed by atoms with Crippen molar-refractivity contribution in [2.45, 2.75) is 12.5 Å². The minimum absolute atomic E-state index is 0.149. The van der Waals surface area contributed by atoms with Gasteiger partial charge < -0.3 is 10.4 Å². The van der Waals surface area contributed by atoms with E-state index in [1.807, 2.05) is 0 Å². The third kappa shape index (κ3) is 2.85. The first-order valence-corrected chi connectivity index (χ1v) is 4.48. The molecule has 84 valence electrons. The summed E-state index contributed by atoms with van der Waals surface area (Å²) in [5.41, 5.74) is 0.403. The molecule has 0 fully saturated rings. The van der Waals surface area contributed by atoms with E-state index < -0.39 is 17.9 Å². The van der Waals surface area contributed by atoms with Crippen molar-refractivity contribution in [3.8, 4) is 12.3 Å². The molecular weight excluding hydrogens is 210 g/mol. The number of carboxylic acid groups (broad SMARTS) is 1. The van der Waals surface area contributed by atoms with Crippen molar-refractivity contribution < 1.29 is 14.7 Å². The average molecular weight is 221 g/mol. The summed E-state index contributed by atoms with van der Waals surface area (Å²) >= 11 is 0. The van der Waals surface area contributed by atoms with E-state index in [0.29, 0.717) is 5.56 Å². The molecule has 1 aromatic rings. The number of carbonyl (C=O) groups excluding carboxylic acids is 1. The van der Waals surface area contributed by atoms with E-state index in [9.17, 15) is 9.59 Å². The lowest BCUT2D eigenvalue weighted by atomic mass is 10.1. The molecule has 1 aromatic heterocycles. The lowest BCUT2D eigenvalue weighted by Gasteiger charge is -2.11. The molecule has 0 bridgehead atoms. The largest absolute Gasteiger partial charge is 0.479 e. The molecule has 0 aliphatic heterocycles. The summed E-state index contributed by atoms with van der Waals surface area (Å²) in [7, 11) is 1.66. The SMILES string of the molecule is C#CCC(=O)NC(C(=O)O)c1cnn(C)c1. The van der Waals surface area contributed by atoms with Gasteiger partial charge >= 0.3 is 5.97 Å². The predicted molar refractivity (Wildman–Crippen MR) is 55.2 cm³/mol. The molecular formula is C10H11N3O3. The number of hydrogen-bond donors (Lipinski definition) is 2. The van der Waals surface area contributed by atoms with Gasteiger partial charge in [0.2, 0.25) is 5.91 Å². The summed E-state index contributed by atoms with van der Waals surface area (Å²) < 4.78 is 1.46. The molecule has 6 nitrogen and oxygen atoms in total. The molecule has 1 amide bonds. The molecule has 6 heteroatoms. The highest BCUT2D eigenvalue weighted by Gasteiger charge is 2.22. The molecule has 0 saturated carbocycles. The first-order valence-electron chi connectivity index (χ1n) is 4.48. The minimum atomic E-state index is -1.15. The topological polar surface area (TPSA) is 84.2 Å². The molecule has 0 spiro atoms. The highest BCUT2D eigenvalue weighted by molar-refractivity contribution is 5.85. The fraction of sp³-hybridized carbons (Fsp3) is 0.300. The van der Waals surface area contributed by atoms with Gasteiger partial charge in [-0.1, -0.05) is 5.92 Å². The van der Waals surface area contributed by atoms with Gasteiger partial charge in [0.1, 0.15) is 0 Å². The van der Waals surface area contributed by atoms with Crippen molar-refractivity contribution in [3.63, 3.8) is 0 Å². The van der Waals surface area contributed by atoms with Crippen LogP contribution in [0.15, 0.2) is 12.4 Å². The Balaban J connectivity index is 2.81. The Kier molecular flexibility index (Phi) is 3.67. The molecule has 2 N–H and O–H groups in total. The van der Waals surface area contributed by atoms with Crippen LogP contribution in [0.3, 0.4) is 0 Å². The van der Waals surface area contributed by atoms with Gasteiger partial charge in [-0.3, -0.25) is 9.48 Å². The van der Waals surface area contributed by atoms with E-state index in [1.54, 1.807) is 7.05 Å². The summed E-state index contributed by atoms with van der Waals surface area (Å²) in [6, 6.07) is -1.12. The normalized spacial score (nSPS) is 11.5. The molecule has 16 heavy (non-hydrogen) atoms. The van der Waals surface area contributed by atoms with E-state index in [2.05, 4.69) is 16.3 Å². The van der Waals surface area contributed by atoms with Crippen molar-refractivity contribution in [2.24, 2.45) is 7.05 Å². The summed E-state index contributed by atoms with van der Waals surface area (Å²) in [5.74, 6) is 0.487. The molecule has 1 heterocycles. The van der Waals surface area contributed by atoms with Crippen LogP contribution < -0.4 is 5.32 Å². The van der Waals surface area contributed by atoms with Crippen LogP contribution in [0.2, 0.25) is 0 Å². The molecule has 0 aliphatic rings. The quantitative estimate of drug-likeness (QED) is 0.683. The number of aryl methyl sites for hydroxylation is 1. The maximum Gasteiger partial charge on any atom is 0.331 e. The van der Waals surface area contributed by atoms with Crippen LogP contribution in [-0.4, -0.2) is 26.8 Å². The van der Waals surface area contributed by atoms with Crippen molar-refractivity contribution in [3.05, 3.63) is 18.0 Å². The van der Waals surface area contributed by atoms with Gasteiger partial charge in [0, 0.05) is 18.8 Å². The van der Waals surface area contributed by atoms with Gasteiger partial charge in [0.15, 0.2) is 6.04 Å². The zero-order valence-electron chi connectivity index (χ0n) is 8.67. The smallest absolute Gasteiger partial charge is 0.331 e. The highest BCUT2D eigenvalue weighted by Crippen LogP contribution is 2.11. The van der Waals surface area contributed by atoms with E-state index in [1.165, 1.54) is 17.1 Å². The fourth-order valence-electron chi connectivity index (χ4n) is 1.18. The third-order valence-electron chi connectivity index (χ3n) is 1.87. The predicted octanol–water partition coefficient (Wildman–Crippen LogP) is -0.315. The van der Waals surface area contributed by atoms with Crippen molar-refractivity contribution in [1.82, 2.24) is 15.1 Å². The molecule has 1 rings (SSSR count). The number of nitrogens with one attached hydrogen (secondary N) is 1. The van der Waals surface area contributed by atoms with Crippen molar-refractivity contribution >= 4 is 11.9 Å². The Bertz CT molecular complexity index is 444. The third-order valence-corrected chi connectivity index (χ3v) is 1.87. The minimum Gasteiger partial charge on any atom is -0.479 e. The number of terminal acetylenes is 1. The fourth-order valence-corrected chi connectivity index (χ4v) is 1.18. The van der Waals surface area contributed by atoms with Gasteiger partial charge in [-0.05, 0) is 0 Å². The van der Waals surface area contributed by atoms with Crippen LogP contribution in [0, 0.1) is 12.3 Å². The summed E-state index contributed by atoms with van der Waals surface area (Å²) in [5, 5.41) is 15.1. The van der Waals surface area contributed by atoms with Crippen LogP contribution in [0.5, 0.6) is 0 Å². The number of carbonyl (C=O) groups is 2. The molecule has 0 radical (unpaired) electrons. The van der Waals surface area contributed by atoms with Crippen LogP contribution in [0.1, 0.15) is 18.0 Å². The number of amides is 1. The standard InChI is InChI=1S/C10H11N3O3/c1-3-4-8(14)12-9(10(15)16)7-5-11-13(2)6-7/h1,5-6,9H,4H2,2H3,(H,12,14)(H,15,16). The Morgan fingerprint density at radius 2 is 2.44 bits per heavy atom. The van der Waals surface area contributed by atoms with Gasteiger partial charge in [0.05, 0.1) is 12.6 Å². The maximum absolute atomic E-state index is 11.2. The Morgan fingerprint density at radius 1 is 1.75 bits per heavy atom. The van der Waals surface area contributed by atoms with E-state index in [4.69, 9.17) is 11.5 Å². The van der Waals surface area contributed by atoms with Gasteiger partial charge in [-0.15, -0.1) is 6.42 Å². The molecule has 0 aromatic carbocycles. The number of aliphatic carboxylic acids is 1. The first-order chi connectivity index (χ1) is 7.54. The van der Waals surface area contributed by atoms with Crippen molar-refractivity contribution in [1.29, 1.82) is 0 Å². The number of hydrogen-bond acceptors (Lipinski definition) is 3. The first kappa shape index (κ1) is 11.8. The Morgan fingerprint density at radius 3 is 2.88 bits per heavy atom. The monoisotopic (exact) mass is 221 g/mol. The lowest BCUT2D eigenvalue weighted by molar-refractivity contribution is -0.141. The second-order valence-corrected chi connectivity index (χ2v) is 3.17. The number of nitrogens with zero attached hydrogens (tertiary/aromatic N) is 2. The highest BCUT2D eigenvalue weighted by atomic mass is 16.4. The Hall–Kier alpha value is -2.29. The molecule has 1 unspecified atom stereocenters. The number of carboxylic acids is 1. The zero-order valence-corrected chi connectivity index (χ0v) is 8.67. The second-order valence-electron chi connectivity index (χ2n) is 3.17. The average Bonchev–Trinajstić information content (AvgIpc) is 2.61. The molecule has 1 atom stereocenters. The summed E-state index contributed by atoms with van der Waals surface area (Å²) in [6.07, 6.45) is 7.71. The van der Waals surface area contributed by atoms with Crippen LogP contribution >= 0.6 is 0 Å². The lowest BCUT2D eigenvalue weighted by Crippen LogP contribution is -2.33. The van der Waals surface area contributed by atoms with Gasteiger partial charge in [-0.2, -0.15) is 5.10 Å². The van der Waals surface area contributed by atoms with Gasteiger partial charge in [0.25, 0.3) is 0 Å². The summed E-state index contributed by atoms with van der Waals surface area (Å²) in [4.78, 5) is 22.1. The molecule has 0 aliphatic carbocycles. The zero-order chi connectivity index (χ0) is 12.1. The Labute approximate surface area is 92.3 Å².